The number of ether oxygens (including phenoxy) is 1. The smallest absolute Gasteiger partial charge is 0.325 e. The minimum atomic E-state index is -0.384. The predicted octanol–water partition coefficient (Wildman–Crippen LogP) is 4.20. The van der Waals surface area contributed by atoms with E-state index in [1.54, 1.807) is 22.0 Å². The van der Waals surface area contributed by atoms with E-state index in [-0.39, 0.29) is 18.4 Å². The number of amides is 1. The van der Waals surface area contributed by atoms with Crippen molar-refractivity contribution in [2.45, 2.75) is 26.3 Å². The molecule has 0 N–H and O–H groups in total. The second-order valence-corrected chi connectivity index (χ2v) is 8.22. The van der Waals surface area contributed by atoms with E-state index in [1.165, 1.54) is 30.1 Å². The van der Waals surface area contributed by atoms with Gasteiger partial charge in [-0.1, -0.05) is 37.3 Å². The summed E-state index contributed by atoms with van der Waals surface area (Å²) in [6.07, 6.45) is 3.18. The molecule has 0 saturated heterocycles. The Kier molecular flexibility index (Phi) is 6.03. The van der Waals surface area contributed by atoms with Crippen LogP contribution in [0.3, 0.4) is 0 Å². The number of aromatic nitrogens is 1. The standard InChI is InChI=1S/C20H20N2O3S2/c1-13(2)14-6-8-16-17(11-14)27-20(22(16)12-19(24)25-3)21-18(23)9-7-15-5-4-10-26-15/h4-11,13H,12H2,1-3H3. The molecule has 3 rings (SSSR count). The van der Waals surface area contributed by atoms with Gasteiger partial charge in [0.05, 0.1) is 17.3 Å². The molecule has 7 heteroatoms. The summed E-state index contributed by atoms with van der Waals surface area (Å²) in [5.41, 5.74) is 2.06. The van der Waals surface area contributed by atoms with Crippen molar-refractivity contribution in [1.29, 1.82) is 0 Å². The summed E-state index contributed by atoms with van der Waals surface area (Å²) in [5.74, 6) is -0.357. The van der Waals surface area contributed by atoms with Crippen molar-refractivity contribution in [3.63, 3.8) is 0 Å². The number of rotatable bonds is 5. The summed E-state index contributed by atoms with van der Waals surface area (Å²) >= 11 is 2.95. The maximum Gasteiger partial charge on any atom is 0.325 e. The van der Waals surface area contributed by atoms with Crippen LogP contribution in [0.25, 0.3) is 16.3 Å². The number of benzene rings is 1. The number of thiazole rings is 1. The molecular weight excluding hydrogens is 380 g/mol. The fraction of sp³-hybridized carbons (Fsp3) is 0.250. The predicted molar refractivity (Wildman–Crippen MR) is 110 cm³/mol. The highest BCUT2D eigenvalue weighted by atomic mass is 32.1. The maximum absolute atomic E-state index is 12.3. The van der Waals surface area contributed by atoms with Gasteiger partial charge in [0.2, 0.25) is 0 Å². The molecule has 3 aromatic rings. The van der Waals surface area contributed by atoms with E-state index in [9.17, 15) is 9.59 Å². The van der Waals surface area contributed by atoms with E-state index < -0.39 is 0 Å². The second kappa shape index (κ2) is 8.45. The first-order valence-corrected chi connectivity index (χ1v) is 10.2. The van der Waals surface area contributed by atoms with Gasteiger partial charge in [0, 0.05) is 11.0 Å². The lowest BCUT2D eigenvalue weighted by atomic mass is 10.0. The number of esters is 1. The number of hydrogen-bond donors (Lipinski definition) is 0. The molecule has 0 aliphatic rings. The molecule has 1 aromatic carbocycles. The molecular formula is C20H20N2O3S2. The van der Waals surface area contributed by atoms with E-state index in [2.05, 4.69) is 24.9 Å². The lowest BCUT2D eigenvalue weighted by Gasteiger charge is -2.06. The van der Waals surface area contributed by atoms with Crippen molar-refractivity contribution in [1.82, 2.24) is 4.57 Å². The van der Waals surface area contributed by atoms with Gasteiger partial charge in [-0.15, -0.1) is 11.3 Å². The molecule has 2 heterocycles. The molecule has 0 saturated carbocycles. The van der Waals surface area contributed by atoms with Crippen LogP contribution in [0.4, 0.5) is 0 Å². The summed E-state index contributed by atoms with van der Waals surface area (Å²) in [6.45, 7) is 4.27. The van der Waals surface area contributed by atoms with E-state index in [0.717, 1.165) is 15.1 Å². The van der Waals surface area contributed by atoms with Gasteiger partial charge in [0.15, 0.2) is 4.80 Å². The van der Waals surface area contributed by atoms with Gasteiger partial charge in [0.25, 0.3) is 5.91 Å². The Morgan fingerprint density at radius 2 is 2.11 bits per heavy atom. The molecule has 0 aliphatic carbocycles. The zero-order chi connectivity index (χ0) is 19.4. The van der Waals surface area contributed by atoms with Gasteiger partial charge in [-0.2, -0.15) is 4.99 Å². The van der Waals surface area contributed by atoms with Crippen molar-refractivity contribution in [2.75, 3.05) is 7.11 Å². The Morgan fingerprint density at radius 3 is 2.78 bits per heavy atom. The lowest BCUT2D eigenvalue weighted by molar-refractivity contribution is -0.141. The van der Waals surface area contributed by atoms with Crippen LogP contribution in [-0.2, 0) is 20.9 Å². The molecule has 0 radical (unpaired) electrons. The summed E-state index contributed by atoms with van der Waals surface area (Å²) in [6, 6.07) is 9.95. The van der Waals surface area contributed by atoms with Crippen molar-refractivity contribution in [3.05, 3.63) is 57.0 Å². The second-order valence-electron chi connectivity index (χ2n) is 6.23. The molecule has 2 aromatic heterocycles. The SMILES string of the molecule is COC(=O)Cn1c(=NC(=O)C=Cc2cccs2)sc2cc(C(C)C)ccc21. The number of hydrogen-bond acceptors (Lipinski definition) is 5. The van der Waals surface area contributed by atoms with E-state index in [0.29, 0.717) is 10.7 Å². The Bertz CT molecular complexity index is 1060. The highest BCUT2D eigenvalue weighted by Crippen LogP contribution is 2.23. The van der Waals surface area contributed by atoms with E-state index in [4.69, 9.17) is 4.74 Å². The molecule has 0 aliphatic heterocycles. The fourth-order valence-electron chi connectivity index (χ4n) is 2.55. The molecule has 1 amide bonds. The Hall–Kier alpha value is -2.51. The normalized spacial score (nSPS) is 12.4. The number of fused-ring (bicyclic) bond motifs is 1. The van der Waals surface area contributed by atoms with E-state index >= 15 is 0 Å². The van der Waals surface area contributed by atoms with Crippen LogP contribution < -0.4 is 4.80 Å². The van der Waals surface area contributed by atoms with Crippen LogP contribution in [0.2, 0.25) is 0 Å². The van der Waals surface area contributed by atoms with Crippen LogP contribution in [-0.4, -0.2) is 23.6 Å². The topological polar surface area (TPSA) is 60.7 Å². The number of carbonyl (C=O) groups is 2. The van der Waals surface area contributed by atoms with Crippen LogP contribution in [0, 0.1) is 0 Å². The molecule has 5 nitrogen and oxygen atoms in total. The first kappa shape index (κ1) is 19.3. The van der Waals surface area contributed by atoms with Gasteiger partial charge in [0.1, 0.15) is 6.54 Å². The third kappa shape index (κ3) is 4.61. The first-order valence-electron chi connectivity index (χ1n) is 8.48. The van der Waals surface area contributed by atoms with Gasteiger partial charge >= 0.3 is 5.97 Å². The number of methoxy groups -OCH3 is 1. The van der Waals surface area contributed by atoms with Gasteiger partial charge < -0.3 is 9.30 Å². The summed E-state index contributed by atoms with van der Waals surface area (Å²) in [4.78, 5) is 29.8. The highest BCUT2D eigenvalue weighted by Gasteiger charge is 2.12. The number of carbonyl (C=O) groups excluding carboxylic acids is 2. The number of nitrogens with zero attached hydrogens (tertiary/aromatic N) is 2. The van der Waals surface area contributed by atoms with E-state index in [1.807, 2.05) is 29.6 Å². The van der Waals surface area contributed by atoms with Gasteiger partial charge in [-0.3, -0.25) is 9.59 Å². The van der Waals surface area contributed by atoms with Crippen LogP contribution in [0.15, 0.2) is 46.8 Å². The summed E-state index contributed by atoms with van der Waals surface area (Å²) in [5, 5.41) is 1.95. The lowest BCUT2D eigenvalue weighted by Crippen LogP contribution is -2.22. The van der Waals surface area contributed by atoms with Crippen molar-refractivity contribution in [3.8, 4) is 0 Å². The van der Waals surface area contributed by atoms with Crippen molar-refractivity contribution >= 4 is 50.8 Å². The van der Waals surface area contributed by atoms with Gasteiger partial charge in [-0.25, -0.2) is 0 Å². The first-order chi connectivity index (χ1) is 13.0. The largest absolute Gasteiger partial charge is 0.468 e. The monoisotopic (exact) mass is 400 g/mol. The molecule has 0 bridgehead atoms. The quantitative estimate of drug-likeness (QED) is 0.476. The minimum absolute atomic E-state index is 0.0122. The Labute approximate surface area is 165 Å². The molecule has 0 fully saturated rings. The third-order valence-electron chi connectivity index (χ3n) is 4.03. The zero-order valence-corrected chi connectivity index (χ0v) is 17.0. The molecule has 140 valence electrons. The highest BCUT2D eigenvalue weighted by molar-refractivity contribution is 7.16. The Balaban J connectivity index is 2.04. The average molecular weight is 401 g/mol. The summed E-state index contributed by atoms with van der Waals surface area (Å²) in [7, 11) is 1.35. The third-order valence-corrected chi connectivity index (χ3v) is 5.91. The summed E-state index contributed by atoms with van der Waals surface area (Å²) < 4.78 is 7.51. The van der Waals surface area contributed by atoms with Crippen LogP contribution in [0.1, 0.15) is 30.2 Å². The minimum Gasteiger partial charge on any atom is -0.468 e. The van der Waals surface area contributed by atoms with Crippen LogP contribution in [0.5, 0.6) is 0 Å². The maximum atomic E-state index is 12.3. The molecule has 0 spiro atoms. The van der Waals surface area contributed by atoms with Crippen molar-refractivity contribution < 1.29 is 14.3 Å². The van der Waals surface area contributed by atoms with Crippen LogP contribution >= 0.6 is 22.7 Å². The number of thiophene rings is 1. The zero-order valence-electron chi connectivity index (χ0n) is 15.3. The molecule has 0 unspecified atom stereocenters. The van der Waals surface area contributed by atoms with Crippen molar-refractivity contribution in [2.24, 2.45) is 4.99 Å². The average Bonchev–Trinajstić information content (AvgIpc) is 3.28. The molecule has 0 atom stereocenters. The Morgan fingerprint density at radius 1 is 1.30 bits per heavy atom. The molecule has 27 heavy (non-hydrogen) atoms. The fourth-order valence-corrected chi connectivity index (χ4v) is 4.25. The van der Waals surface area contributed by atoms with Gasteiger partial charge in [-0.05, 0) is 41.1 Å².